The first-order valence-corrected chi connectivity index (χ1v) is 6.05. The summed E-state index contributed by atoms with van der Waals surface area (Å²) >= 11 is 9.37. The van der Waals surface area contributed by atoms with E-state index in [1.54, 1.807) is 6.92 Å². The van der Waals surface area contributed by atoms with Gasteiger partial charge in [-0.3, -0.25) is 4.79 Å². The second-order valence-electron chi connectivity index (χ2n) is 3.42. The van der Waals surface area contributed by atoms with Crippen molar-refractivity contribution in [3.63, 3.8) is 0 Å². The number of rotatable bonds is 2. The van der Waals surface area contributed by atoms with Gasteiger partial charge in [-0.05, 0) is 13.0 Å². The molecule has 5 heteroatoms. The molecule has 0 radical (unpaired) electrons. The van der Waals surface area contributed by atoms with Gasteiger partial charge in [-0.25, -0.2) is 9.97 Å². The highest BCUT2D eigenvalue weighted by Gasteiger charge is 2.14. The first-order valence-electron chi connectivity index (χ1n) is 4.87. The molecule has 0 bridgehead atoms. The molecule has 2 aromatic rings. The number of aldehydes is 1. The summed E-state index contributed by atoms with van der Waals surface area (Å²) in [4.78, 5) is 19.3. The van der Waals surface area contributed by atoms with E-state index in [1.807, 2.05) is 24.3 Å². The highest BCUT2D eigenvalue weighted by molar-refractivity contribution is 9.10. The van der Waals surface area contributed by atoms with Crippen molar-refractivity contribution in [3.05, 3.63) is 45.3 Å². The van der Waals surface area contributed by atoms with E-state index in [9.17, 15) is 4.79 Å². The minimum absolute atomic E-state index is 0.179. The van der Waals surface area contributed by atoms with Crippen LogP contribution in [0.1, 0.15) is 16.2 Å². The van der Waals surface area contributed by atoms with Gasteiger partial charge in [0.25, 0.3) is 0 Å². The number of carbonyl (C=O) groups is 1. The Bertz CT molecular complexity index is 587. The van der Waals surface area contributed by atoms with Crippen LogP contribution >= 0.6 is 27.5 Å². The topological polar surface area (TPSA) is 42.9 Å². The lowest BCUT2D eigenvalue weighted by molar-refractivity contribution is 0.112. The highest BCUT2D eigenvalue weighted by atomic mass is 79.9. The van der Waals surface area contributed by atoms with Gasteiger partial charge in [-0.15, -0.1) is 0 Å². The smallest absolute Gasteiger partial charge is 0.155 e. The zero-order chi connectivity index (χ0) is 12.4. The fourth-order valence-electron chi connectivity index (χ4n) is 1.51. The number of aryl methyl sites for hydroxylation is 1. The van der Waals surface area contributed by atoms with Crippen LogP contribution in [0.4, 0.5) is 0 Å². The molecule has 1 aromatic heterocycles. The maximum absolute atomic E-state index is 11.1. The Labute approximate surface area is 112 Å². The van der Waals surface area contributed by atoms with E-state index < -0.39 is 0 Å². The number of halogens is 2. The van der Waals surface area contributed by atoms with Gasteiger partial charge in [0.05, 0.1) is 11.3 Å². The molecular formula is C12H8BrClN2O. The van der Waals surface area contributed by atoms with E-state index in [1.165, 1.54) is 0 Å². The second-order valence-corrected chi connectivity index (χ2v) is 4.63. The van der Waals surface area contributed by atoms with Gasteiger partial charge in [-0.1, -0.05) is 45.7 Å². The third-order valence-electron chi connectivity index (χ3n) is 2.26. The monoisotopic (exact) mass is 310 g/mol. The maximum atomic E-state index is 11.1. The molecule has 0 fully saturated rings. The van der Waals surface area contributed by atoms with Crippen LogP contribution in [0.3, 0.4) is 0 Å². The Hall–Kier alpha value is -1.26. The first-order chi connectivity index (χ1) is 8.13. The number of nitrogens with zero attached hydrogens (tertiary/aromatic N) is 2. The Morgan fingerprint density at radius 3 is 2.65 bits per heavy atom. The van der Waals surface area contributed by atoms with Gasteiger partial charge in [0.2, 0.25) is 0 Å². The van der Waals surface area contributed by atoms with Crippen molar-refractivity contribution in [3.8, 4) is 11.3 Å². The molecular weight excluding hydrogens is 304 g/mol. The summed E-state index contributed by atoms with van der Waals surface area (Å²) in [5.74, 6) is 0.534. The minimum atomic E-state index is 0.179. The molecule has 0 aliphatic carbocycles. The van der Waals surface area contributed by atoms with Crippen LogP contribution in [0.25, 0.3) is 11.3 Å². The van der Waals surface area contributed by atoms with Crippen molar-refractivity contribution < 1.29 is 4.79 Å². The molecule has 17 heavy (non-hydrogen) atoms. The average molecular weight is 312 g/mol. The van der Waals surface area contributed by atoms with Crippen molar-refractivity contribution in [1.82, 2.24) is 9.97 Å². The highest BCUT2D eigenvalue weighted by Crippen LogP contribution is 2.30. The predicted molar refractivity (Wildman–Crippen MR) is 70.3 cm³/mol. The van der Waals surface area contributed by atoms with Crippen LogP contribution in [-0.2, 0) is 0 Å². The Morgan fingerprint density at radius 1 is 1.29 bits per heavy atom. The van der Waals surface area contributed by atoms with Crippen LogP contribution < -0.4 is 0 Å². The van der Waals surface area contributed by atoms with Crippen molar-refractivity contribution in [2.24, 2.45) is 0 Å². The third kappa shape index (κ3) is 2.37. The molecule has 1 heterocycles. The van der Waals surface area contributed by atoms with Gasteiger partial charge < -0.3 is 0 Å². The van der Waals surface area contributed by atoms with E-state index in [2.05, 4.69) is 25.9 Å². The van der Waals surface area contributed by atoms with Crippen LogP contribution in [0.5, 0.6) is 0 Å². The quantitative estimate of drug-likeness (QED) is 0.627. The molecule has 1 aromatic carbocycles. The summed E-state index contributed by atoms with van der Waals surface area (Å²) < 4.78 is 0.859. The maximum Gasteiger partial charge on any atom is 0.155 e. The molecule has 0 saturated carbocycles. The predicted octanol–water partition coefficient (Wildman–Crippen LogP) is 3.68. The summed E-state index contributed by atoms with van der Waals surface area (Å²) in [5.41, 5.74) is 1.68. The van der Waals surface area contributed by atoms with Gasteiger partial charge in [-0.2, -0.15) is 0 Å². The molecule has 0 aliphatic rings. The van der Waals surface area contributed by atoms with Crippen molar-refractivity contribution in [2.45, 2.75) is 6.92 Å². The number of carbonyl (C=O) groups excluding carboxylic acids is 1. The molecule has 3 nitrogen and oxygen atoms in total. The molecule has 0 N–H and O–H groups in total. The standard InChI is InChI=1S/C12H8BrClN2O/c1-7-15-11(9(6-17)12(14)16-7)8-4-2-3-5-10(8)13/h2-6H,1H3. The second kappa shape index (κ2) is 4.94. The van der Waals surface area contributed by atoms with E-state index in [-0.39, 0.29) is 5.15 Å². The summed E-state index contributed by atoms with van der Waals surface area (Å²) in [7, 11) is 0. The zero-order valence-corrected chi connectivity index (χ0v) is 11.3. The number of hydrogen-bond donors (Lipinski definition) is 0. The number of hydrogen-bond acceptors (Lipinski definition) is 3. The first kappa shape index (κ1) is 12.2. The van der Waals surface area contributed by atoms with Gasteiger partial charge in [0.1, 0.15) is 11.0 Å². The molecule has 0 aliphatic heterocycles. The molecule has 0 saturated heterocycles. The number of benzene rings is 1. The normalized spacial score (nSPS) is 10.3. The minimum Gasteiger partial charge on any atom is -0.298 e. The van der Waals surface area contributed by atoms with Crippen molar-refractivity contribution >= 4 is 33.8 Å². The lowest BCUT2D eigenvalue weighted by Crippen LogP contribution is -1.99. The summed E-state index contributed by atoms with van der Waals surface area (Å²) in [5, 5.41) is 0.179. The average Bonchev–Trinajstić information content (AvgIpc) is 2.28. The molecule has 86 valence electrons. The van der Waals surface area contributed by atoms with Crippen LogP contribution in [0.2, 0.25) is 5.15 Å². The van der Waals surface area contributed by atoms with Gasteiger partial charge in [0, 0.05) is 10.0 Å². The van der Waals surface area contributed by atoms with E-state index >= 15 is 0 Å². The number of aromatic nitrogens is 2. The van der Waals surface area contributed by atoms with E-state index in [4.69, 9.17) is 11.6 Å². The zero-order valence-electron chi connectivity index (χ0n) is 8.95. The lowest BCUT2D eigenvalue weighted by Gasteiger charge is -2.08. The summed E-state index contributed by atoms with van der Waals surface area (Å²) in [6.45, 7) is 1.74. The van der Waals surface area contributed by atoms with Gasteiger partial charge >= 0.3 is 0 Å². The van der Waals surface area contributed by atoms with Crippen LogP contribution in [0.15, 0.2) is 28.7 Å². The Kier molecular flexibility index (Phi) is 3.54. The Balaban J connectivity index is 2.75. The fraction of sp³-hybridized carbons (Fsp3) is 0.0833. The van der Waals surface area contributed by atoms with Gasteiger partial charge in [0.15, 0.2) is 6.29 Å². The molecule has 0 atom stereocenters. The third-order valence-corrected chi connectivity index (χ3v) is 3.24. The lowest BCUT2D eigenvalue weighted by atomic mass is 10.1. The van der Waals surface area contributed by atoms with Crippen molar-refractivity contribution in [1.29, 1.82) is 0 Å². The molecule has 0 unspecified atom stereocenters. The van der Waals surface area contributed by atoms with Crippen LogP contribution in [-0.4, -0.2) is 16.3 Å². The molecule has 2 rings (SSSR count). The van der Waals surface area contributed by atoms with Crippen LogP contribution in [0, 0.1) is 6.92 Å². The Morgan fingerprint density at radius 2 is 2.00 bits per heavy atom. The fourth-order valence-corrected chi connectivity index (χ4v) is 2.24. The molecule has 0 spiro atoms. The van der Waals surface area contributed by atoms with Crippen molar-refractivity contribution in [2.75, 3.05) is 0 Å². The van der Waals surface area contributed by atoms with E-state index in [0.717, 1.165) is 10.0 Å². The summed E-state index contributed by atoms with van der Waals surface area (Å²) in [6.07, 6.45) is 0.677. The summed E-state index contributed by atoms with van der Waals surface area (Å²) in [6, 6.07) is 7.52. The SMILES string of the molecule is Cc1nc(Cl)c(C=O)c(-c2ccccc2Br)n1. The molecule has 0 amide bonds. The van der Waals surface area contributed by atoms with E-state index in [0.29, 0.717) is 23.4 Å². The largest absolute Gasteiger partial charge is 0.298 e.